The van der Waals surface area contributed by atoms with E-state index in [1.165, 1.54) is 0 Å². The van der Waals surface area contributed by atoms with Gasteiger partial charge in [0.25, 0.3) is 0 Å². The van der Waals surface area contributed by atoms with Gasteiger partial charge in [-0.25, -0.2) is 8.42 Å². The van der Waals surface area contributed by atoms with E-state index in [-0.39, 0.29) is 0 Å². The molecule has 0 aliphatic carbocycles. The molecule has 0 amide bonds. The maximum absolute atomic E-state index is 12.8. The number of hydrogen-bond acceptors (Lipinski definition) is 4. The summed E-state index contributed by atoms with van der Waals surface area (Å²) < 4.78 is 32.6. The van der Waals surface area contributed by atoms with Crippen LogP contribution in [0.15, 0.2) is 29.2 Å². The Morgan fingerprint density at radius 2 is 1.54 bits per heavy atom. The maximum atomic E-state index is 12.8. The fraction of sp³-hybridized carbons (Fsp3) is 0.667. The zero-order valence-corrected chi connectivity index (χ0v) is 15.5. The Kier molecular flexibility index (Phi) is 5.59. The predicted octanol–water partition coefficient (Wildman–Crippen LogP) is 2.26. The topological polar surface area (TPSA) is 49.9 Å². The van der Waals surface area contributed by atoms with Gasteiger partial charge in [0.15, 0.2) is 0 Å². The van der Waals surface area contributed by atoms with E-state index >= 15 is 0 Å². The van der Waals surface area contributed by atoms with Crippen LogP contribution in [-0.2, 0) is 14.8 Å². The minimum atomic E-state index is -3.35. The molecule has 2 aliphatic heterocycles. The van der Waals surface area contributed by atoms with Crippen LogP contribution in [-0.4, -0.2) is 63.1 Å². The highest BCUT2D eigenvalue weighted by atomic mass is 32.2. The molecule has 0 radical (unpaired) electrons. The van der Waals surface area contributed by atoms with Crippen molar-refractivity contribution in [1.82, 2.24) is 9.21 Å². The number of hydrogen-bond donors (Lipinski definition) is 0. The van der Waals surface area contributed by atoms with E-state index in [0.717, 1.165) is 44.3 Å². The number of benzene rings is 1. The summed E-state index contributed by atoms with van der Waals surface area (Å²) in [5.74, 6) is 0. The van der Waals surface area contributed by atoms with Crippen molar-refractivity contribution in [3.63, 3.8) is 0 Å². The smallest absolute Gasteiger partial charge is 0.243 e. The summed E-state index contributed by atoms with van der Waals surface area (Å²) in [4.78, 5) is 2.93. The molecule has 3 rings (SSSR count). The van der Waals surface area contributed by atoms with Crippen molar-refractivity contribution in [3.8, 4) is 0 Å². The quantitative estimate of drug-likeness (QED) is 0.834. The van der Waals surface area contributed by atoms with Gasteiger partial charge in [0.05, 0.1) is 11.0 Å². The van der Waals surface area contributed by atoms with Crippen LogP contribution in [0.25, 0.3) is 0 Å². The molecule has 2 saturated heterocycles. The van der Waals surface area contributed by atoms with E-state index in [1.54, 1.807) is 23.5 Å². The van der Waals surface area contributed by atoms with Gasteiger partial charge in [0.2, 0.25) is 10.0 Å². The molecule has 1 aromatic carbocycles. The van der Waals surface area contributed by atoms with Gasteiger partial charge in [0, 0.05) is 39.3 Å². The first kappa shape index (κ1) is 17.9. The van der Waals surface area contributed by atoms with Gasteiger partial charge in [-0.1, -0.05) is 17.7 Å². The molecule has 24 heavy (non-hydrogen) atoms. The number of nitrogens with zero attached hydrogens (tertiary/aromatic N) is 2. The zero-order valence-electron chi connectivity index (χ0n) is 14.6. The molecule has 1 aromatic rings. The summed E-state index contributed by atoms with van der Waals surface area (Å²) >= 11 is 0. The number of sulfonamides is 1. The third kappa shape index (κ3) is 3.82. The summed E-state index contributed by atoms with van der Waals surface area (Å²) in [5.41, 5.74) is 1.08. The molecule has 0 unspecified atom stereocenters. The normalized spacial score (nSPS) is 22.8. The molecule has 0 spiro atoms. The number of methoxy groups -OCH3 is 1. The minimum Gasteiger partial charge on any atom is -0.381 e. The first-order chi connectivity index (χ1) is 11.5. The van der Waals surface area contributed by atoms with Gasteiger partial charge in [-0.05, 0) is 44.7 Å². The fourth-order valence-electron chi connectivity index (χ4n) is 3.78. The summed E-state index contributed by atoms with van der Waals surface area (Å²) in [7, 11) is -1.56. The third-order valence-corrected chi connectivity index (χ3v) is 7.32. The van der Waals surface area contributed by atoms with Crippen molar-refractivity contribution < 1.29 is 13.2 Å². The molecule has 6 heteroatoms. The van der Waals surface area contributed by atoms with Crippen molar-refractivity contribution in [1.29, 1.82) is 0 Å². The lowest BCUT2D eigenvalue weighted by atomic mass is 10.00. The molecule has 5 nitrogen and oxygen atoms in total. The summed E-state index contributed by atoms with van der Waals surface area (Å²) in [6.45, 7) is 5.33. The fourth-order valence-corrected chi connectivity index (χ4v) is 5.25. The molecule has 0 atom stereocenters. The van der Waals surface area contributed by atoms with Crippen LogP contribution < -0.4 is 0 Å². The van der Waals surface area contributed by atoms with Crippen LogP contribution in [0, 0.1) is 6.92 Å². The highest BCUT2D eigenvalue weighted by molar-refractivity contribution is 7.89. The van der Waals surface area contributed by atoms with E-state index in [0.29, 0.717) is 30.1 Å². The number of rotatable bonds is 4. The average molecular weight is 353 g/mol. The number of ether oxygens (including phenoxy) is 1. The van der Waals surface area contributed by atoms with Gasteiger partial charge >= 0.3 is 0 Å². The van der Waals surface area contributed by atoms with Crippen molar-refractivity contribution in [3.05, 3.63) is 29.8 Å². The van der Waals surface area contributed by atoms with Crippen molar-refractivity contribution in [2.75, 3.05) is 33.3 Å². The lowest BCUT2D eigenvalue weighted by Gasteiger charge is -2.41. The summed E-state index contributed by atoms with van der Waals surface area (Å²) in [5, 5.41) is 0. The second kappa shape index (κ2) is 7.52. The second-order valence-corrected chi connectivity index (χ2v) is 8.86. The van der Waals surface area contributed by atoms with E-state index < -0.39 is 10.0 Å². The van der Waals surface area contributed by atoms with E-state index in [2.05, 4.69) is 4.90 Å². The van der Waals surface area contributed by atoms with Crippen LogP contribution in [0.5, 0.6) is 0 Å². The zero-order chi connectivity index (χ0) is 17.2. The Balaban J connectivity index is 1.58. The molecule has 2 heterocycles. The van der Waals surface area contributed by atoms with E-state index in [9.17, 15) is 8.42 Å². The molecule has 0 saturated carbocycles. The first-order valence-electron chi connectivity index (χ1n) is 8.84. The van der Waals surface area contributed by atoms with Gasteiger partial charge in [-0.2, -0.15) is 4.31 Å². The number of aryl methyl sites for hydroxylation is 1. The lowest BCUT2D eigenvalue weighted by Crippen LogP contribution is -2.49. The first-order valence-corrected chi connectivity index (χ1v) is 10.3. The molecule has 2 aliphatic rings. The van der Waals surface area contributed by atoms with Crippen LogP contribution in [0.1, 0.15) is 31.2 Å². The number of piperidine rings is 2. The Labute approximate surface area is 145 Å². The van der Waals surface area contributed by atoms with Crippen LogP contribution >= 0.6 is 0 Å². The highest BCUT2D eigenvalue weighted by Gasteiger charge is 2.32. The Hall–Kier alpha value is -0.950. The summed E-state index contributed by atoms with van der Waals surface area (Å²) in [6.07, 6.45) is 4.39. The second-order valence-electron chi connectivity index (χ2n) is 6.92. The summed E-state index contributed by atoms with van der Waals surface area (Å²) in [6, 6.07) is 7.66. The van der Waals surface area contributed by atoms with Crippen LogP contribution in [0.4, 0.5) is 0 Å². The Morgan fingerprint density at radius 1 is 0.958 bits per heavy atom. The number of likely N-dealkylation sites (tertiary alicyclic amines) is 1. The minimum absolute atomic E-state index is 0.392. The molecule has 0 N–H and O–H groups in total. The molecule has 0 bridgehead atoms. The monoisotopic (exact) mass is 352 g/mol. The SMILES string of the molecule is COC1CCN(C2CCN(S(=O)(=O)c3ccc(C)cc3)CC2)CC1. The van der Waals surface area contributed by atoms with Crippen LogP contribution in [0.3, 0.4) is 0 Å². The molecular weight excluding hydrogens is 324 g/mol. The van der Waals surface area contributed by atoms with Gasteiger partial charge in [0.1, 0.15) is 0 Å². The van der Waals surface area contributed by atoms with Gasteiger partial charge in [-0.3, -0.25) is 0 Å². The predicted molar refractivity (Wildman–Crippen MR) is 94.6 cm³/mol. The van der Waals surface area contributed by atoms with Gasteiger partial charge in [-0.15, -0.1) is 0 Å². The maximum Gasteiger partial charge on any atom is 0.243 e. The largest absolute Gasteiger partial charge is 0.381 e. The van der Waals surface area contributed by atoms with Crippen LogP contribution in [0.2, 0.25) is 0 Å². The highest BCUT2D eigenvalue weighted by Crippen LogP contribution is 2.25. The van der Waals surface area contributed by atoms with Crippen molar-refractivity contribution >= 4 is 10.0 Å². The van der Waals surface area contributed by atoms with E-state index in [1.807, 2.05) is 19.1 Å². The lowest BCUT2D eigenvalue weighted by molar-refractivity contribution is 0.0190. The van der Waals surface area contributed by atoms with Crippen molar-refractivity contribution in [2.24, 2.45) is 0 Å². The average Bonchev–Trinajstić information content (AvgIpc) is 2.62. The standard InChI is InChI=1S/C18H28N2O3S/c1-15-3-5-18(6-4-15)24(21,22)20-13-7-16(8-14-20)19-11-9-17(23-2)10-12-19/h3-6,16-17H,7-14H2,1-2H3. The Bertz CT molecular complexity index is 629. The molecule has 2 fully saturated rings. The molecule has 0 aromatic heterocycles. The van der Waals surface area contributed by atoms with Gasteiger partial charge < -0.3 is 9.64 Å². The van der Waals surface area contributed by atoms with Crippen molar-refractivity contribution in [2.45, 2.75) is 49.6 Å². The van der Waals surface area contributed by atoms with E-state index in [4.69, 9.17) is 4.74 Å². The molecule has 134 valence electrons. The molecular formula is C18H28N2O3S. The third-order valence-electron chi connectivity index (χ3n) is 5.41. The Morgan fingerprint density at radius 3 is 2.08 bits per heavy atom.